The molecule has 0 aliphatic heterocycles. The summed E-state index contributed by atoms with van der Waals surface area (Å²) in [5.41, 5.74) is 2.03. The van der Waals surface area contributed by atoms with Gasteiger partial charge in [0.1, 0.15) is 16.3 Å². The molecule has 0 aliphatic carbocycles. The third kappa shape index (κ3) is 4.98. The van der Waals surface area contributed by atoms with Gasteiger partial charge < -0.3 is 14.8 Å². The fourth-order valence-corrected chi connectivity index (χ4v) is 3.63. The van der Waals surface area contributed by atoms with Crippen molar-refractivity contribution in [1.29, 1.82) is 0 Å². The van der Waals surface area contributed by atoms with Gasteiger partial charge in [0.05, 0.1) is 19.6 Å². The number of thiophene rings is 1. The normalized spacial score (nSPS) is 10.3. The number of hydrogen-bond donors (Lipinski definition) is 1. The molecule has 1 amide bonds. The predicted octanol–water partition coefficient (Wildman–Crippen LogP) is 5.00. The van der Waals surface area contributed by atoms with Gasteiger partial charge in [-0.1, -0.05) is 48.5 Å². The molecular weight excluding hydrogens is 374 g/mol. The molecule has 0 radical (unpaired) electrons. The van der Waals surface area contributed by atoms with Gasteiger partial charge in [0, 0.05) is 10.9 Å². The van der Waals surface area contributed by atoms with Crippen LogP contribution in [0.25, 0.3) is 11.1 Å². The first kappa shape index (κ1) is 19.6. The van der Waals surface area contributed by atoms with E-state index in [0.717, 1.165) is 11.1 Å². The van der Waals surface area contributed by atoms with Crippen molar-refractivity contribution in [1.82, 2.24) is 0 Å². The van der Waals surface area contributed by atoms with E-state index < -0.39 is 5.97 Å². The molecule has 5 nitrogen and oxygen atoms in total. The van der Waals surface area contributed by atoms with Crippen LogP contribution in [0.1, 0.15) is 23.7 Å². The van der Waals surface area contributed by atoms with Crippen LogP contribution in [0.4, 0.5) is 5.00 Å². The minimum absolute atomic E-state index is 0.176. The van der Waals surface area contributed by atoms with Crippen LogP contribution in [-0.4, -0.2) is 25.1 Å². The molecule has 0 bridgehead atoms. The van der Waals surface area contributed by atoms with Gasteiger partial charge in [0.2, 0.25) is 5.91 Å². The standard InChI is InChI=1S/C22H21NO4S/c1-2-26-22(25)20-18(16-9-5-3-6-10-16)15-28-21(20)23-19(24)13-14-27-17-11-7-4-8-12-17/h3-12,15H,2,13-14H2,1H3,(H,23,24). The maximum atomic E-state index is 12.5. The summed E-state index contributed by atoms with van der Waals surface area (Å²) in [6, 6.07) is 18.9. The zero-order chi connectivity index (χ0) is 19.8. The molecule has 28 heavy (non-hydrogen) atoms. The number of carbonyl (C=O) groups is 2. The highest BCUT2D eigenvalue weighted by molar-refractivity contribution is 7.15. The van der Waals surface area contributed by atoms with Gasteiger partial charge in [-0.25, -0.2) is 4.79 Å². The lowest BCUT2D eigenvalue weighted by Crippen LogP contribution is -2.17. The van der Waals surface area contributed by atoms with Crippen molar-refractivity contribution in [3.8, 4) is 16.9 Å². The number of amides is 1. The number of ether oxygens (including phenoxy) is 2. The smallest absolute Gasteiger partial charge is 0.341 e. The Morgan fingerprint density at radius 3 is 2.36 bits per heavy atom. The molecule has 0 unspecified atom stereocenters. The number of nitrogens with one attached hydrogen (secondary N) is 1. The third-order valence-corrected chi connectivity index (χ3v) is 4.84. The number of esters is 1. The summed E-state index contributed by atoms with van der Waals surface area (Å²) < 4.78 is 10.8. The second-order valence-electron chi connectivity index (χ2n) is 5.90. The van der Waals surface area contributed by atoms with Gasteiger partial charge in [0.25, 0.3) is 0 Å². The van der Waals surface area contributed by atoms with Gasteiger partial charge in [-0.3, -0.25) is 4.79 Å². The fraction of sp³-hybridized carbons (Fsp3) is 0.182. The van der Waals surface area contributed by atoms with Crippen molar-refractivity contribution in [2.24, 2.45) is 0 Å². The molecule has 144 valence electrons. The van der Waals surface area contributed by atoms with Crippen molar-refractivity contribution in [3.63, 3.8) is 0 Å². The largest absolute Gasteiger partial charge is 0.493 e. The number of para-hydroxylation sites is 1. The van der Waals surface area contributed by atoms with Gasteiger partial charge in [0.15, 0.2) is 0 Å². The quantitative estimate of drug-likeness (QED) is 0.545. The Hall–Kier alpha value is -3.12. The van der Waals surface area contributed by atoms with E-state index in [1.165, 1.54) is 11.3 Å². The van der Waals surface area contributed by atoms with E-state index in [1.54, 1.807) is 6.92 Å². The van der Waals surface area contributed by atoms with E-state index in [1.807, 2.05) is 66.0 Å². The van der Waals surface area contributed by atoms with Crippen molar-refractivity contribution in [3.05, 3.63) is 71.6 Å². The zero-order valence-corrected chi connectivity index (χ0v) is 16.3. The van der Waals surface area contributed by atoms with E-state index in [4.69, 9.17) is 9.47 Å². The van der Waals surface area contributed by atoms with Crippen LogP contribution >= 0.6 is 11.3 Å². The summed E-state index contributed by atoms with van der Waals surface area (Å²) in [6.07, 6.45) is 0.176. The van der Waals surface area contributed by atoms with Gasteiger partial charge in [-0.15, -0.1) is 11.3 Å². The van der Waals surface area contributed by atoms with E-state index in [-0.39, 0.29) is 25.5 Å². The topological polar surface area (TPSA) is 64.6 Å². The first-order valence-corrected chi connectivity index (χ1v) is 9.88. The molecule has 1 heterocycles. The van der Waals surface area contributed by atoms with Crippen LogP contribution in [0.3, 0.4) is 0 Å². The predicted molar refractivity (Wildman–Crippen MR) is 111 cm³/mol. The lowest BCUT2D eigenvalue weighted by Gasteiger charge is -2.09. The Kier molecular flexibility index (Phi) is 6.81. The number of anilines is 1. The maximum Gasteiger partial charge on any atom is 0.341 e. The van der Waals surface area contributed by atoms with Gasteiger partial charge >= 0.3 is 5.97 Å². The number of carbonyl (C=O) groups excluding carboxylic acids is 2. The second-order valence-corrected chi connectivity index (χ2v) is 6.78. The van der Waals surface area contributed by atoms with E-state index >= 15 is 0 Å². The number of rotatable bonds is 8. The van der Waals surface area contributed by atoms with Gasteiger partial charge in [-0.05, 0) is 24.6 Å². The Labute approximate surface area is 167 Å². The maximum absolute atomic E-state index is 12.5. The summed E-state index contributed by atoms with van der Waals surface area (Å²) >= 11 is 1.31. The minimum Gasteiger partial charge on any atom is -0.493 e. The average Bonchev–Trinajstić information content (AvgIpc) is 3.13. The van der Waals surface area contributed by atoms with Crippen molar-refractivity contribution in [2.45, 2.75) is 13.3 Å². The van der Waals surface area contributed by atoms with Crippen LogP contribution < -0.4 is 10.1 Å². The Bertz CT molecular complexity index is 922. The molecule has 0 aliphatic rings. The summed E-state index contributed by atoms with van der Waals surface area (Å²) in [4.78, 5) is 24.9. The highest BCUT2D eigenvalue weighted by Gasteiger charge is 2.22. The molecule has 0 fully saturated rings. The molecule has 3 rings (SSSR count). The van der Waals surface area contributed by atoms with Crippen LogP contribution in [0, 0.1) is 0 Å². The molecule has 1 N–H and O–H groups in total. The van der Waals surface area contributed by atoms with Crippen molar-refractivity contribution < 1.29 is 19.1 Å². The Morgan fingerprint density at radius 1 is 1.00 bits per heavy atom. The van der Waals surface area contributed by atoms with E-state index in [9.17, 15) is 9.59 Å². The molecule has 0 saturated carbocycles. The number of hydrogen-bond acceptors (Lipinski definition) is 5. The molecule has 0 spiro atoms. The zero-order valence-electron chi connectivity index (χ0n) is 15.5. The van der Waals surface area contributed by atoms with Crippen molar-refractivity contribution in [2.75, 3.05) is 18.5 Å². The lowest BCUT2D eigenvalue weighted by molar-refractivity contribution is -0.116. The molecule has 3 aromatic rings. The van der Waals surface area contributed by atoms with E-state index in [0.29, 0.717) is 16.3 Å². The Balaban J connectivity index is 1.71. The van der Waals surface area contributed by atoms with Crippen LogP contribution in [-0.2, 0) is 9.53 Å². The first-order chi connectivity index (χ1) is 13.7. The Morgan fingerprint density at radius 2 is 1.68 bits per heavy atom. The summed E-state index contributed by atoms with van der Waals surface area (Å²) in [5.74, 6) is 0.0476. The van der Waals surface area contributed by atoms with Crippen LogP contribution in [0.15, 0.2) is 66.0 Å². The molecule has 0 atom stereocenters. The molecule has 1 aromatic heterocycles. The summed E-state index contributed by atoms with van der Waals surface area (Å²) in [7, 11) is 0. The molecule has 6 heteroatoms. The molecular formula is C22H21NO4S. The minimum atomic E-state index is -0.446. The SMILES string of the molecule is CCOC(=O)c1c(-c2ccccc2)csc1NC(=O)CCOc1ccccc1. The van der Waals surface area contributed by atoms with Crippen LogP contribution in [0.2, 0.25) is 0 Å². The van der Waals surface area contributed by atoms with Crippen molar-refractivity contribution >= 4 is 28.2 Å². The lowest BCUT2D eigenvalue weighted by atomic mass is 10.0. The summed E-state index contributed by atoms with van der Waals surface area (Å²) in [6.45, 7) is 2.27. The van der Waals surface area contributed by atoms with E-state index in [2.05, 4.69) is 5.32 Å². The molecule has 2 aromatic carbocycles. The van der Waals surface area contributed by atoms with Gasteiger partial charge in [-0.2, -0.15) is 0 Å². The monoisotopic (exact) mass is 395 g/mol. The fourth-order valence-electron chi connectivity index (χ4n) is 2.65. The average molecular weight is 395 g/mol. The van der Waals surface area contributed by atoms with Crippen LogP contribution in [0.5, 0.6) is 5.75 Å². The third-order valence-electron chi connectivity index (χ3n) is 3.95. The molecule has 0 saturated heterocycles. The highest BCUT2D eigenvalue weighted by atomic mass is 32.1. The second kappa shape index (κ2) is 9.71. The summed E-state index contributed by atoms with van der Waals surface area (Å²) in [5, 5.41) is 5.17. The number of benzene rings is 2. The highest BCUT2D eigenvalue weighted by Crippen LogP contribution is 2.36. The first-order valence-electron chi connectivity index (χ1n) is 9.00.